The second kappa shape index (κ2) is 7.07. The van der Waals surface area contributed by atoms with Gasteiger partial charge in [-0.05, 0) is 18.9 Å². The number of morpholine rings is 1. The fourth-order valence-corrected chi connectivity index (χ4v) is 3.46. The van der Waals surface area contributed by atoms with Crippen molar-refractivity contribution in [3.05, 3.63) is 34.4 Å². The third-order valence-corrected chi connectivity index (χ3v) is 4.55. The average Bonchev–Trinajstić information content (AvgIpc) is 2.55. The molecule has 1 aliphatic carbocycles. The second-order valence-electron chi connectivity index (χ2n) is 5.87. The van der Waals surface area contributed by atoms with Gasteiger partial charge in [0.15, 0.2) is 5.75 Å². The summed E-state index contributed by atoms with van der Waals surface area (Å²) in [4.78, 5) is 13.0. The van der Waals surface area contributed by atoms with Gasteiger partial charge in [0, 0.05) is 25.2 Å². The van der Waals surface area contributed by atoms with Crippen LogP contribution in [0.3, 0.4) is 0 Å². The zero-order valence-electron chi connectivity index (χ0n) is 12.6. The predicted octanol–water partition coefficient (Wildman–Crippen LogP) is 2.62. The molecule has 22 heavy (non-hydrogen) atoms. The molecule has 3 rings (SSSR count). The van der Waals surface area contributed by atoms with Crippen molar-refractivity contribution in [2.45, 2.75) is 37.8 Å². The largest absolute Gasteiger partial charge is 0.485 e. The Labute approximate surface area is 130 Å². The number of hydrogen-bond acceptors (Lipinski definition) is 5. The van der Waals surface area contributed by atoms with E-state index in [0.717, 1.165) is 26.1 Å². The van der Waals surface area contributed by atoms with E-state index in [1.165, 1.54) is 25.3 Å². The van der Waals surface area contributed by atoms with E-state index in [9.17, 15) is 10.1 Å². The van der Waals surface area contributed by atoms with Gasteiger partial charge >= 0.3 is 5.69 Å². The molecule has 2 atom stereocenters. The van der Waals surface area contributed by atoms with Gasteiger partial charge in [-0.3, -0.25) is 15.0 Å². The van der Waals surface area contributed by atoms with Crippen LogP contribution < -0.4 is 4.74 Å². The summed E-state index contributed by atoms with van der Waals surface area (Å²) in [6.07, 6.45) is 5.18. The second-order valence-corrected chi connectivity index (χ2v) is 5.87. The minimum absolute atomic E-state index is 0.0278. The molecule has 0 N–H and O–H groups in total. The van der Waals surface area contributed by atoms with Gasteiger partial charge < -0.3 is 9.47 Å². The molecule has 2 fully saturated rings. The molecule has 1 saturated carbocycles. The van der Waals surface area contributed by atoms with E-state index in [4.69, 9.17) is 9.47 Å². The highest BCUT2D eigenvalue weighted by Crippen LogP contribution is 2.29. The molecule has 1 aromatic carbocycles. The zero-order chi connectivity index (χ0) is 15.4. The molecule has 0 unspecified atom stereocenters. The van der Waals surface area contributed by atoms with Crippen molar-refractivity contribution in [1.29, 1.82) is 0 Å². The summed E-state index contributed by atoms with van der Waals surface area (Å²) in [5, 5.41) is 11.0. The van der Waals surface area contributed by atoms with E-state index >= 15 is 0 Å². The van der Waals surface area contributed by atoms with Crippen molar-refractivity contribution in [2.75, 3.05) is 26.3 Å². The van der Waals surface area contributed by atoms with E-state index in [1.54, 1.807) is 18.2 Å². The summed E-state index contributed by atoms with van der Waals surface area (Å²) in [5.41, 5.74) is 0.0278. The molecule has 120 valence electrons. The topological polar surface area (TPSA) is 64.8 Å². The molecule has 1 heterocycles. The number of rotatable bonds is 5. The van der Waals surface area contributed by atoms with Gasteiger partial charge in [0.1, 0.15) is 6.61 Å². The summed E-state index contributed by atoms with van der Waals surface area (Å²) in [6, 6.07) is 7.02. The van der Waals surface area contributed by atoms with Crippen LogP contribution in [0.25, 0.3) is 0 Å². The summed E-state index contributed by atoms with van der Waals surface area (Å²) < 4.78 is 11.5. The van der Waals surface area contributed by atoms with E-state index in [0.29, 0.717) is 24.5 Å². The Bertz CT molecular complexity index is 521. The molecule has 1 saturated heterocycles. The van der Waals surface area contributed by atoms with Crippen LogP contribution in [0.5, 0.6) is 5.75 Å². The lowest BCUT2D eigenvalue weighted by Crippen LogP contribution is -2.53. The lowest BCUT2D eigenvalue weighted by atomic mass is 9.90. The number of hydrogen-bond donors (Lipinski definition) is 0. The first-order chi connectivity index (χ1) is 10.8. The highest BCUT2D eigenvalue weighted by molar-refractivity contribution is 5.45. The quantitative estimate of drug-likeness (QED) is 0.618. The number of benzene rings is 1. The Morgan fingerprint density at radius 2 is 2.14 bits per heavy atom. The van der Waals surface area contributed by atoms with E-state index in [2.05, 4.69) is 4.90 Å². The van der Waals surface area contributed by atoms with Crippen molar-refractivity contribution in [3.8, 4) is 5.75 Å². The maximum Gasteiger partial charge on any atom is 0.310 e. The monoisotopic (exact) mass is 306 g/mol. The molecule has 6 nitrogen and oxygen atoms in total. The van der Waals surface area contributed by atoms with Crippen LogP contribution in [-0.4, -0.2) is 48.3 Å². The van der Waals surface area contributed by atoms with Gasteiger partial charge in [-0.2, -0.15) is 0 Å². The Hall–Kier alpha value is -1.66. The molecule has 1 aliphatic heterocycles. The Morgan fingerprint density at radius 3 is 3.00 bits per heavy atom. The highest BCUT2D eigenvalue weighted by atomic mass is 16.6. The Morgan fingerprint density at radius 1 is 1.32 bits per heavy atom. The standard InChI is InChI=1S/C16H22N2O4/c19-18(20)14-6-2-4-8-16(14)22-12-10-17-9-11-21-15-7-3-1-5-13(15)17/h2,4,6,8,13,15H,1,3,5,7,9-12H2/t13-,15-/m1/s1. The number of para-hydroxylation sites is 2. The molecule has 6 heteroatoms. The van der Waals surface area contributed by atoms with Crippen molar-refractivity contribution >= 4 is 5.69 Å². The summed E-state index contributed by atoms with van der Waals surface area (Å²) in [7, 11) is 0. The maximum absolute atomic E-state index is 11.0. The maximum atomic E-state index is 11.0. The number of nitro benzene ring substituents is 1. The Balaban J connectivity index is 1.55. The van der Waals surface area contributed by atoms with E-state index in [1.807, 2.05) is 0 Å². The number of nitro groups is 1. The Kier molecular flexibility index (Phi) is 4.90. The van der Waals surface area contributed by atoms with Crippen molar-refractivity contribution in [2.24, 2.45) is 0 Å². The SMILES string of the molecule is O=[N+]([O-])c1ccccc1OCCN1CCO[C@@H]2CCCC[C@H]21. The molecule has 0 aromatic heterocycles. The molecule has 2 aliphatic rings. The van der Waals surface area contributed by atoms with Crippen LogP contribution in [-0.2, 0) is 4.74 Å². The van der Waals surface area contributed by atoms with E-state index < -0.39 is 4.92 Å². The van der Waals surface area contributed by atoms with Gasteiger partial charge in [-0.25, -0.2) is 0 Å². The molecule has 0 radical (unpaired) electrons. The van der Waals surface area contributed by atoms with Gasteiger partial charge in [-0.15, -0.1) is 0 Å². The number of nitrogens with zero attached hydrogens (tertiary/aromatic N) is 2. The molecule has 0 bridgehead atoms. The molecule has 0 amide bonds. The predicted molar refractivity (Wildman–Crippen MR) is 82.2 cm³/mol. The third kappa shape index (κ3) is 3.39. The van der Waals surface area contributed by atoms with Gasteiger partial charge in [-0.1, -0.05) is 25.0 Å². The average molecular weight is 306 g/mol. The first-order valence-corrected chi connectivity index (χ1v) is 7.97. The summed E-state index contributed by atoms with van der Waals surface area (Å²) in [5.74, 6) is 0.348. The molecular formula is C16H22N2O4. The fraction of sp³-hybridized carbons (Fsp3) is 0.625. The molecular weight excluding hydrogens is 284 g/mol. The first kappa shape index (κ1) is 15.2. The van der Waals surface area contributed by atoms with Crippen LogP contribution in [0, 0.1) is 10.1 Å². The van der Waals surface area contributed by atoms with Gasteiger partial charge in [0.25, 0.3) is 0 Å². The zero-order valence-corrected chi connectivity index (χ0v) is 12.6. The van der Waals surface area contributed by atoms with Crippen molar-refractivity contribution < 1.29 is 14.4 Å². The first-order valence-electron chi connectivity index (χ1n) is 7.97. The van der Waals surface area contributed by atoms with Crippen molar-refractivity contribution in [1.82, 2.24) is 4.90 Å². The van der Waals surface area contributed by atoms with Crippen LogP contribution in [0.1, 0.15) is 25.7 Å². The number of ether oxygens (including phenoxy) is 2. The number of fused-ring (bicyclic) bond motifs is 1. The normalized spacial score (nSPS) is 25.5. The summed E-state index contributed by atoms with van der Waals surface area (Å²) in [6.45, 7) is 2.94. The van der Waals surface area contributed by atoms with Gasteiger partial charge in [0.05, 0.1) is 17.6 Å². The third-order valence-electron chi connectivity index (χ3n) is 4.55. The van der Waals surface area contributed by atoms with Crippen molar-refractivity contribution in [3.63, 3.8) is 0 Å². The fourth-order valence-electron chi connectivity index (χ4n) is 3.46. The van der Waals surface area contributed by atoms with Crippen LogP contribution in [0.4, 0.5) is 5.69 Å². The smallest absolute Gasteiger partial charge is 0.310 e. The highest BCUT2D eigenvalue weighted by Gasteiger charge is 2.33. The van der Waals surface area contributed by atoms with Crippen LogP contribution >= 0.6 is 0 Å². The lowest BCUT2D eigenvalue weighted by molar-refractivity contribution is -0.385. The van der Waals surface area contributed by atoms with E-state index in [-0.39, 0.29) is 5.69 Å². The lowest BCUT2D eigenvalue weighted by Gasteiger charge is -2.43. The minimum Gasteiger partial charge on any atom is -0.485 e. The van der Waals surface area contributed by atoms with Crippen LogP contribution in [0.2, 0.25) is 0 Å². The van der Waals surface area contributed by atoms with Gasteiger partial charge in [0.2, 0.25) is 0 Å². The minimum atomic E-state index is -0.402. The molecule has 1 aromatic rings. The molecule has 0 spiro atoms. The van der Waals surface area contributed by atoms with Crippen LogP contribution in [0.15, 0.2) is 24.3 Å². The summed E-state index contributed by atoms with van der Waals surface area (Å²) >= 11 is 0.